The van der Waals surface area contributed by atoms with Crippen LogP contribution >= 0.6 is 0 Å². The molecule has 0 bridgehead atoms. The van der Waals surface area contributed by atoms with Crippen molar-refractivity contribution in [2.75, 3.05) is 13.2 Å². The van der Waals surface area contributed by atoms with E-state index in [0.717, 1.165) is 6.42 Å². The van der Waals surface area contributed by atoms with Gasteiger partial charge in [0.1, 0.15) is 6.61 Å². The van der Waals surface area contributed by atoms with Crippen LogP contribution in [-0.4, -0.2) is 31.2 Å². The van der Waals surface area contributed by atoms with Gasteiger partial charge in [0.2, 0.25) is 5.91 Å². The van der Waals surface area contributed by atoms with Crippen molar-refractivity contribution in [1.82, 2.24) is 5.32 Å². The fraction of sp³-hybridized carbons (Fsp3) is 0.909. The molecule has 0 saturated carbocycles. The van der Waals surface area contributed by atoms with E-state index in [1.165, 1.54) is 0 Å². The second-order valence-corrected chi connectivity index (χ2v) is 4.49. The highest BCUT2D eigenvalue weighted by Gasteiger charge is 2.12. The average molecular weight is 216 g/mol. The number of nitrogens with two attached hydrogens (primary N) is 1. The van der Waals surface area contributed by atoms with Crippen molar-refractivity contribution in [3.63, 3.8) is 0 Å². The van der Waals surface area contributed by atoms with E-state index >= 15 is 0 Å². The van der Waals surface area contributed by atoms with Gasteiger partial charge in [0.05, 0.1) is 6.10 Å². The molecule has 3 N–H and O–H groups in total. The Kier molecular flexibility index (Phi) is 7.34. The van der Waals surface area contributed by atoms with E-state index in [9.17, 15) is 4.79 Å². The van der Waals surface area contributed by atoms with Gasteiger partial charge in [-0.05, 0) is 26.2 Å². The zero-order chi connectivity index (χ0) is 11.8. The Hall–Kier alpha value is -0.610. The molecule has 0 saturated heterocycles. The highest BCUT2D eigenvalue weighted by molar-refractivity contribution is 5.77. The Morgan fingerprint density at radius 2 is 1.93 bits per heavy atom. The molecule has 0 fully saturated rings. The van der Waals surface area contributed by atoms with E-state index in [1.807, 2.05) is 13.8 Å². The molecule has 0 aromatic rings. The van der Waals surface area contributed by atoms with Crippen LogP contribution in [0.1, 0.15) is 34.1 Å². The summed E-state index contributed by atoms with van der Waals surface area (Å²) in [5, 5.41) is 2.86. The fourth-order valence-corrected chi connectivity index (χ4v) is 1.29. The summed E-state index contributed by atoms with van der Waals surface area (Å²) < 4.78 is 5.20. The molecule has 0 radical (unpaired) electrons. The van der Waals surface area contributed by atoms with Crippen molar-refractivity contribution < 1.29 is 9.53 Å². The van der Waals surface area contributed by atoms with Gasteiger partial charge < -0.3 is 15.8 Å². The van der Waals surface area contributed by atoms with E-state index < -0.39 is 0 Å². The van der Waals surface area contributed by atoms with Crippen molar-refractivity contribution in [3.05, 3.63) is 0 Å². The van der Waals surface area contributed by atoms with Gasteiger partial charge in [-0.3, -0.25) is 4.79 Å². The highest BCUT2D eigenvalue weighted by Crippen LogP contribution is 2.03. The predicted octanol–water partition coefficient (Wildman–Crippen LogP) is 0.901. The third-order valence-electron chi connectivity index (χ3n) is 1.95. The van der Waals surface area contributed by atoms with Gasteiger partial charge in [-0.2, -0.15) is 0 Å². The van der Waals surface area contributed by atoms with Crippen LogP contribution in [-0.2, 0) is 9.53 Å². The second kappa shape index (κ2) is 7.65. The van der Waals surface area contributed by atoms with Crippen molar-refractivity contribution >= 4 is 5.91 Å². The molecule has 1 atom stereocenters. The van der Waals surface area contributed by atoms with Crippen molar-refractivity contribution in [2.45, 2.75) is 46.3 Å². The van der Waals surface area contributed by atoms with Crippen LogP contribution in [0, 0.1) is 5.92 Å². The molecular weight excluding hydrogens is 192 g/mol. The Balaban J connectivity index is 3.80. The molecule has 0 aromatic carbocycles. The van der Waals surface area contributed by atoms with Gasteiger partial charge in [0, 0.05) is 12.6 Å². The average Bonchev–Trinajstić information content (AvgIpc) is 2.13. The molecule has 4 heteroatoms. The number of rotatable bonds is 7. The Bertz CT molecular complexity index is 181. The maximum atomic E-state index is 11.4. The van der Waals surface area contributed by atoms with Crippen LogP contribution in [0.2, 0.25) is 0 Å². The van der Waals surface area contributed by atoms with Gasteiger partial charge in [0.25, 0.3) is 0 Å². The Morgan fingerprint density at radius 3 is 2.33 bits per heavy atom. The normalized spacial score (nSPS) is 13.3. The first-order valence-corrected chi connectivity index (χ1v) is 5.56. The molecule has 0 spiro atoms. The predicted molar refractivity (Wildman–Crippen MR) is 61.5 cm³/mol. The van der Waals surface area contributed by atoms with Crippen molar-refractivity contribution in [3.8, 4) is 0 Å². The number of hydrogen-bond donors (Lipinski definition) is 2. The number of hydrogen-bond acceptors (Lipinski definition) is 3. The molecule has 0 aromatic heterocycles. The first kappa shape index (κ1) is 14.4. The minimum absolute atomic E-state index is 0.0632. The fourth-order valence-electron chi connectivity index (χ4n) is 1.29. The molecule has 0 aliphatic rings. The SMILES string of the molecule is CC(C)CC(CN)NC(=O)COC(C)C. The third kappa shape index (κ3) is 8.39. The lowest BCUT2D eigenvalue weighted by Gasteiger charge is -2.19. The molecule has 0 aliphatic carbocycles. The zero-order valence-electron chi connectivity index (χ0n) is 10.2. The van der Waals surface area contributed by atoms with E-state index in [1.54, 1.807) is 0 Å². The summed E-state index contributed by atoms with van der Waals surface area (Å²) >= 11 is 0. The van der Waals surface area contributed by atoms with E-state index in [-0.39, 0.29) is 24.7 Å². The number of amides is 1. The van der Waals surface area contributed by atoms with E-state index in [2.05, 4.69) is 19.2 Å². The van der Waals surface area contributed by atoms with Crippen molar-refractivity contribution in [2.24, 2.45) is 11.7 Å². The van der Waals surface area contributed by atoms with Gasteiger partial charge in [-0.25, -0.2) is 0 Å². The lowest BCUT2D eigenvalue weighted by atomic mass is 10.0. The summed E-state index contributed by atoms with van der Waals surface area (Å²) in [5.41, 5.74) is 5.57. The minimum atomic E-state index is -0.0835. The number of ether oxygens (including phenoxy) is 1. The first-order chi connectivity index (χ1) is 6.95. The highest BCUT2D eigenvalue weighted by atomic mass is 16.5. The number of carbonyl (C=O) groups excluding carboxylic acids is 1. The summed E-state index contributed by atoms with van der Waals surface area (Å²) in [6.07, 6.45) is 0.987. The van der Waals surface area contributed by atoms with Crippen LogP contribution < -0.4 is 11.1 Å². The van der Waals surface area contributed by atoms with Crippen LogP contribution in [0.25, 0.3) is 0 Å². The second-order valence-electron chi connectivity index (χ2n) is 4.49. The van der Waals surface area contributed by atoms with Gasteiger partial charge in [0.15, 0.2) is 0 Å². The number of carbonyl (C=O) groups is 1. The largest absolute Gasteiger partial charge is 0.369 e. The molecule has 4 nitrogen and oxygen atoms in total. The van der Waals surface area contributed by atoms with Gasteiger partial charge >= 0.3 is 0 Å². The van der Waals surface area contributed by atoms with Crippen LogP contribution in [0.4, 0.5) is 0 Å². The molecule has 90 valence electrons. The van der Waals surface area contributed by atoms with Crippen LogP contribution in [0.15, 0.2) is 0 Å². The van der Waals surface area contributed by atoms with Gasteiger partial charge in [-0.15, -0.1) is 0 Å². The standard InChI is InChI=1S/C11H24N2O2/c1-8(2)5-10(6-12)13-11(14)7-15-9(3)4/h8-10H,5-7,12H2,1-4H3,(H,13,14). The molecule has 0 heterocycles. The maximum absolute atomic E-state index is 11.4. The zero-order valence-corrected chi connectivity index (χ0v) is 10.2. The van der Waals surface area contributed by atoms with Crippen molar-refractivity contribution in [1.29, 1.82) is 0 Å². The molecule has 0 rings (SSSR count). The summed E-state index contributed by atoms with van der Waals surface area (Å²) in [6, 6.07) is 0.0632. The summed E-state index contributed by atoms with van der Waals surface area (Å²) in [7, 11) is 0. The molecule has 0 aliphatic heterocycles. The van der Waals surface area contributed by atoms with Gasteiger partial charge in [-0.1, -0.05) is 13.8 Å². The summed E-state index contributed by atoms with van der Waals surface area (Å²) in [5.74, 6) is 0.449. The van der Waals surface area contributed by atoms with E-state index in [0.29, 0.717) is 12.5 Å². The molecule has 1 unspecified atom stereocenters. The maximum Gasteiger partial charge on any atom is 0.246 e. The first-order valence-electron chi connectivity index (χ1n) is 5.56. The lowest BCUT2D eigenvalue weighted by molar-refractivity contribution is -0.127. The summed E-state index contributed by atoms with van der Waals surface area (Å²) in [4.78, 5) is 11.4. The quantitative estimate of drug-likeness (QED) is 0.664. The lowest BCUT2D eigenvalue weighted by Crippen LogP contribution is -2.42. The topological polar surface area (TPSA) is 64.3 Å². The minimum Gasteiger partial charge on any atom is -0.369 e. The van der Waals surface area contributed by atoms with Crippen LogP contribution in [0.3, 0.4) is 0 Å². The summed E-state index contributed by atoms with van der Waals surface area (Å²) in [6.45, 7) is 8.63. The third-order valence-corrected chi connectivity index (χ3v) is 1.95. The van der Waals surface area contributed by atoms with Crippen LogP contribution in [0.5, 0.6) is 0 Å². The Morgan fingerprint density at radius 1 is 1.33 bits per heavy atom. The molecule has 1 amide bonds. The number of nitrogens with one attached hydrogen (secondary N) is 1. The Labute approximate surface area is 92.6 Å². The van der Waals surface area contributed by atoms with E-state index in [4.69, 9.17) is 10.5 Å². The monoisotopic (exact) mass is 216 g/mol. The molecule has 15 heavy (non-hydrogen) atoms. The smallest absolute Gasteiger partial charge is 0.246 e. The molecular formula is C11H24N2O2.